The summed E-state index contributed by atoms with van der Waals surface area (Å²) in [7, 11) is 1.58. The predicted molar refractivity (Wildman–Crippen MR) is 121 cm³/mol. The Morgan fingerprint density at radius 3 is 2.22 bits per heavy atom. The highest BCUT2D eigenvalue weighted by Gasteiger charge is 2.40. The summed E-state index contributed by atoms with van der Waals surface area (Å²) in [6, 6.07) is 13.5. The number of hydrogen-bond acceptors (Lipinski definition) is 5. The lowest BCUT2D eigenvalue weighted by atomic mass is 9.86. The molecule has 0 aromatic heterocycles. The van der Waals surface area contributed by atoms with Crippen molar-refractivity contribution in [3.63, 3.8) is 0 Å². The van der Waals surface area contributed by atoms with Crippen molar-refractivity contribution in [1.29, 1.82) is 0 Å². The van der Waals surface area contributed by atoms with Gasteiger partial charge in [0.2, 0.25) is 0 Å². The number of carbonyl (C=O) groups is 3. The second kappa shape index (κ2) is 9.85. The number of methoxy groups -OCH3 is 1. The maximum Gasteiger partial charge on any atom is 0.306 e. The van der Waals surface area contributed by atoms with E-state index in [0.717, 1.165) is 12.3 Å². The molecule has 3 atom stereocenters. The van der Waals surface area contributed by atoms with Crippen LogP contribution in [-0.4, -0.2) is 31.5 Å². The average molecular weight is 437 g/mol. The topological polar surface area (TPSA) is 93.7 Å². The molecule has 2 aromatic carbocycles. The fraction of sp³-hybridized carbons (Fsp3) is 0.400. The van der Waals surface area contributed by atoms with E-state index in [0.29, 0.717) is 40.9 Å². The van der Waals surface area contributed by atoms with E-state index in [9.17, 15) is 14.4 Å². The van der Waals surface area contributed by atoms with Crippen molar-refractivity contribution < 1.29 is 23.9 Å². The number of carbonyl (C=O) groups excluding carboxylic acids is 3. The highest BCUT2D eigenvalue weighted by molar-refractivity contribution is 6.04. The van der Waals surface area contributed by atoms with Crippen molar-refractivity contribution in [2.75, 3.05) is 24.4 Å². The molecule has 0 aliphatic heterocycles. The van der Waals surface area contributed by atoms with Crippen LogP contribution in [0.25, 0.3) is 0 Å². The first-order valence-electron chi connectivity index (χ1n) is 11.0. The molecule has 2 amide bonds. The molecular formula is C25H28N2O5. The largest absolute Gasteiger partial charge is 0.497 e. The van der Waals surface area contributed by atoms with Gasteiger partial charge >= 0.3 is 5.97 Å². The van der Waals surface area contributed by atoms with Crippen LogP contribution in [0.15, 0.2) is 48.5 Å². The van der Waals surface area contributed by atoms with E-state index < -0.39 is 5.91 Å². The van der Waals surface area contributed by atoms with Crippen molar-refractivity contribution >= 4 is 29.2 Å². The minimum atomic E-state index is -0.401. The third-order valence-electron chi connectivity index (χ3n) is 6.46. The van der Waals surface area contributed by atoms with Crippen molar-refractivity contribution in [1.82, 2.24) is 0 Å². The number of amides is 2. The number of esters is 1. The average Bonchev–Trinajstić information content (AvgIpc) is 3.42. The summed E-state index contributed by atoms with van der Waals surface area (Å²) in [4.78, 5) is 36.6. The molecule has 7 heteroatoms. The van der Waals surface area contributed by atoms with Gasteiger partial charge in [-0.15, -0.1) is 0 Å². The smallest absolute Gasteiger partial charge is 0.306 e. The molecule has 4 rings (SSSR count). The quantitative estimate of drug-likeness (QED) is 0.603. The van der Waals surface area contributed by atoms with Gasteiger partial charge in [-0.05, 0) is 85.5 Å². The van der Waals surface area contributed by atoms with Gasteiger partial charge in [-0.3, -0.25) is 14.4 Å². The summed E-state index contributed by atoms with van der Waals surface area (Å²) >= 11 is 0. The maximum absolute atomic E-state index is 12.4. The first kappa shape index (κ1) is 21.9. The van der Waals surface area contributed by atoms with Crippen LogP contribution in [0.2, 0.25) is 0 Å². The molecule has 168 valence electrons. The normalized spacial score (nSPS) is 21.1. The summed E-state index contributed by atoms with van der Waals surface area (Å²) in [6.45, 7) is -0.306. The highest BCUT2D eigenvalue weighted by Crippen LogP contribution is 2.49. The fourth-order valence-corrected chi connectivity index (χ4v) is 4.83. The van der Waals surface area contributed by atoms with E-state index in [-0.39, 0.29) is 18.5 Å². The fourth-order valence-electron chi connectivity index (χ4n) is 4.83. The van der Waals surface area contributed by atoms with E-state index in [2.05, 4.69) is 10.6 Å². The Labute approximate surface area is 187 Å². The van der Waals surface area contributed by atoms with E-state index in [4.69, 9.17) is 9.47 Å². The third-order valence-corrected chi connectivity index (χ3v) is 6.46. The molecule has 0 spiro atoms. The zero-order chi connectivity index (χ0) is 22.5. The molecule has 0 saturated heterocycles. The number of nitrogens with one attached hydrogen (secondary N) is 2. The number of hydrogen-bond donors (Lipinski definition) is 2. The molecular weight excluding hydrogens is 408 g/mol. The number of anilines is 2. The molecule has 2 fully saturated rings. The molecule has 32 heavy (non-hydrogen) atoms. The Morgan fingerprint density at radius 2 is 1.59 bits per heavy atom. The van der Waals surface area contributed by atoms with Crippen LogP contribution in [0.4, 0.5) is 11.4 Å². The van der Waals surface area contributed by atoms with E-state index in [1.54, 1.807) is 55.6 Å². The Hall–Kier alpha value is -3.35. The second-order valence-electron chi connectivity index (χ2n) is 8.61. The van der Waals surface area contributed by atoms with E-state index in [1.165, 1.54) is 19.3 Å². The number of benzene rings is 2. The lowest BCUT2D eigenvalue weighted by Crippen LogP contribution is -2.23. The van der Waals surface area contributed by atoms with Crippen molar-refractivity contribution in [3.8, 4) is 5.75 Å². The summed E-state index contributed by atoms with van der Waals surface area (Å²) in [5, 5.41) is 5.49. The Morgan fingerprint density at radius 1 is 0.906 bits per heavy atom. The van der Waals surface area contributed by atoms with Gasteiger partial charge in [0.15, 0.2) is 6.61 Å². The number of fused-ring (bicyclic) bond motifs is 2. The van der Waals surface area contributed by atoms with Crippen molar-refractivity contribution in [2.24, 2.45) is 17.8 Å². The van der Waals surface area contributed by atoms with Gasteiger partial charge in [-0.25, -0.2) is 0 Å². The number of ether oxygens (including phenoxy) is 2. The zero-order valence-corrected chi connectivity index (χ0v) is 18.1. The third kappa shape index (κ3) is 5.46. The SMILES string of the molecule is COc1ccc(NC(=O)c2ccc(NC(=O)COC(=O)CC3CC4CCC3C4)cc2)cc1. The molecule has 7 nitrogen and oxygen atoms in total. The molecule has 0 radical (unpaired) electrons. The highest BCUT2D eigenvalue weighted by atomic mass is 16.5. The van der Waals surface area contributed by atoms with Crippen LogP contribution in [-0.2, 0) is 14.3 Å². The van der Waals surface area contributed by atoms with Gasteiger partial charge < -0.3 is 20.1 Å². The summed E-state index contributed by atoms with van der Waals surface area (Å²) in [5.41, 5.74) is 1.64. The van der Waals surface area contributed by atoms with Gasteiger partial charge in [0.05, 0.1) is 7.11 Å². The van der Waals surface area contributed by atoms with Gasteiger partial charge in [-0.1, -0.05) is 6.42 Å². The molecule has 2 aliphatic rings. The molecule has 2 aliphatic carbocycles. The standard InChI is InChI=1S/C25H28N2O5/c1-31-22-10-8-21(9-11-22)27-25(30)17-4-6-20(7-5-17)26-23(28)15-32-24(29)14-19-13-16-2-3-18(19)12-16/h4-11,16,18-19H,2-3,12-15H2,1H3,(H,26,28)(H,27,30). The van der Waals surface area contributed by atoms with Crippen LogP contribution in [0.5, 0.6) is 5.75 Å². The lowest BCUT2D eigenvalue weighted by molar-refractivity contribution is -0.148. The molecule has 2 saturated carbocycles. The molecule has 2 bridgehead atoms. The summed E-state index contributed by atoms with van der Waals surface area (Å²) in [6.07, 6.45) is 5.28. The van der Waals surface area contributed by atoms with Gasteiger partial charge in [0, 0.05) is 23.4 Å². The lowest BCUT2D eigenvalue weighted by Gasteiger charge is -2.20. The number of rotatable bonds is 8. The van der Waals surface area contributed by atoms with Crippen LogP contribution in [0.1, 0.15) is 42.5 Å². The molecule has 2 N–H and O–H groups in total. The maximum atomic E-state index is 12.4. The second-order valence-corrected chi connectivity index (χ2v) is 8.61. The van der Waals surface area contributed by atoms with E-state index >= 15 is 0 Å². The Kier molecular flexibility index (Phi) is 6.73. The molecule has 2 aromatic rings. The summed E-state index contributed by atoms with van der Waals surface area (Å²) in [5.74, 6) is 1.59. The minimum Gasteiger partial charge on any atom is -0.497 e. The molecule has 0 heterocycles. The minimum absolute atomic E-state index is 0.261. The van der Waals surface area contributed by atoms with Crippen LogP contribution >= 0.6 is 0 Å². The van der Waals surface area contributed by atoms with Crippen LogP contribution < -0.4 is 15.4 Å². The van der Waals surface area contributed by atoms with Crippen molar-refractivity contribution in [3.05, 3.63) is 54.1 Å². The zero-order valence-electron chi connectivity index (χ0n) is 18.1. The van der Waals surface area contributed by atoms with E-state index in [1.807, 2.05) is 0 Å². The Bertz CT molecular complexity index is 971. The monoisotopic (exact) mass is 436 g/mol. The first-order valence-corrected chi connectivity index (χ1v) is 11.0. The first-order chi connectivity index (χ1) is 15.5. The Balaban J connectivity index is 1.20. The van der Waals surface area contributed by atoms with Crippen LogP contribution in [0, 0.1) is 17.8 Å². The predicted octanol–water partition coefficient (Wildman–Crippen LogP) is 4.26. The van der Waals surface area contributed by atoms with Crippen molar-refractivity contribution in [2.45, 2.75) is 32.1 Å². The van der Waals surface area contributed by atoms with Gasteiger partial charge in [0.1, 0.15) is 5.75 Å². The van der Waals surface area contributed by atoms with Gasteiger partial charge in [-0.2, -0.15) is 0 Å². The summed E-state index contributed by atoms with van der Waals surface area (Å²) < 4.78 is 10.3. The van der Waals surface area contributed by atoms with Gasteiger partial charge in [0.25, 0.3) is 11.8 Å². The van der Waals surface area contributed by atoms with Crippen LogP contribution in [0.3, 0.4) is 0 Å². The molecule has 3 unspecified atom stereocenters.